The van der Waals surface area contributed by atoms with Gasteiger partial charge in [-0.2, -0.15) is 0 Å². The largest absolute Gasteiger partial charge is 0.364 e. The molecule has 0 radical (unpaired) electrons. The molecular weight excluding hydrogens is 310 g/mol. The van der Waals surface area contributed by atoms with Crippen molar-refractivity contribution >= 4 is 11.6 Å². The third-order valence-electron chi connectivity index (χ3n) is 4.19. The Kier molecular flexibility index (Phi) is 6.15. The molecule has 3 rings (SSSR count). The molecule has 0 saturated heterocycles. The number of nitrogens with zero attached hydrogens (tertiary/aromatic N) is 3. The summed E-state index contributed by atoms with van der Waals surface area (Å²) in [6.45, 7) is 7.38. The van der Waals surface area contributed by atoms with Crippen LogP contribution in [0.4, 0.5) is 5.69 Å². The van der Waals surface area contributed by atoms with Crippen molar-refractivity contribution in [3.8, 4) is 0 Å². The van der Waals surface area contributed by atoms with Crippen LogP contribution in [-0.4, -0.2) is 36.7 Å². The van der Waals surface area contributed by atoms with Gasteiger partial charge in [0.2, 0.25) is 0 Å². The van der Waals surface area contributed by atoms with Crippen molar-refractivity contribution < 1.29 is 0 Å². The number of hydrogen-bond donors (Lipinski definition) is 2. The summed E-state index contributed by atoms with van der Waals surface area (Å²) in [6, 6.07) is 12.7. The van der Waals surface area contributed by atoms with Crippen molar-refractivity contribution in [1.82, 2.24) is 15.2 Å². The smallest absolute Gasteiger partial charge is 0.191 e. The van der Waals surface area contributed by atoms with Crippen LogP contribution in [0.1, 0.15) is 12.5 Å². The van der Waals surface area contributed by atoms with Gasteiger partial charge >= 0.3 is 0 Å². The van der Waals surface area contributed by atoms with E-state index in [4.69, 9.17) is 4.99 Å². The molecule has 0 saturated carbocycles. The van der Waals surface area contributed by atoms with E-state index in [-0.39, 0.29) is 0 Å². The first-order valence-electron chi connectivity index (χ1n) is 8.97. The molecule has 5 heteroatoms. The van der Waals surface area contributed by atoms with E-state index in [1.807, 2.05) is 12.1 Å². The summed E-state index contributed by atoms with van der Waals surface area (Å²) >= 11 is 0. The summed E-state index contributed by atoms with van der Waals surface area (Å²) in [5, 5.41) is 6.71. The van der Waals surface area contributed by atoms with Gasteiger partial charge in [-0.1, -0.05) is 24.3 Å². The van der Waals surface area contributed by atoms with Gasteiger partial charge in [0.15, 0.2) is 5.96 Å². The molecule has 0 aliphatic carbocycles. The lowest BCUT2D eigenvalue weighted by Crippen LogP contribution is -2.38. The van der Waals surface area contributed by atoms with Crippen molar-refractivity contribution in [2.24, 2.45) is 4.99 Å². The molecule has 2 aromatic rings. The summed E-state index contributed by atoms with van der Waals surface area (Å²) in [6.07, 6.45) is 8.57. The number of anilines is 1. The number of guanidine groups is 1. The molecule has 2 N–H and O–H groups in total. The third-order valence-corrected chi connectivity index (χ3v) is 4.19. The van der Waals surface area contributed by atoms with E-state index in [1.54, 1.807) is 0 Å². The summed E-state index contributed by atoms with van der Waals surface area (Å²) in [7, 11) is 0. The Morgan fingerprint density at radius 1 is 1.08 bits per heavy atom. The summed E-state index contributed by atoms with van der Waals surface area (Å²) in [5.74, 6) is 0.864. The molecular formula is C20H27N5. The fourth-order valence-corrected chi connectivity index (χ4v) is 2.88. The van der Waals surface area contributed by atoms with Gasteiger partial charge in [0.25, 0.3) is 0 Å². The Hall–Kier alpha value is -2.69. The maximum absolute atomic E-state index is 4.72. The van der Waals surface area contributed by atoms with Gasteiger partial charge in [-0.05, 0) is 36.8 Å². The number of hydrogen-bond acceptors (Lipinski definition) is 2. The summed E-state index contributed by atoms with van der Waals surface area (Å²) < 4.78 is 2.16. The van der Waals surface area contributed by atoms with Crippen LogP contribution in [0.5, 0.6) is 0 Å². The molecule has 0 unspecified atom stereocenters. The highest BCUT2D eigenvalue weighted by molar-refractivity contribution is 5.79. The first kappa shape index (κ1) is 17.1. The van der Waals surface area contributed by atoms with E-state index in [0.717, 1.165) is 38.7 Å². The van der Waals surface area contributed by atoms with Gasteiger partial charge in [-0.3, -0.25) is 0 Å². The lowest BCUT2D eigenvalue weighted by atomic mass is 10.2. The van der Waals surface area contributed by atoms with E-state index < -0.39 is 0 Å². The van der Waals surface area contributed by atoms with E-state index >= 15 is 0 Å². The monoisotopic (exact) mass is 337 g/mol. The highest BCUT2D eigenvalue weighted by Gasteiger charge is 2.07. The van der Waals surface area contributed by atoms with E-state index in [0.29, 0.717) is 6.54 Å². The van der Waals surface area contributed by atoms with Crippen molar-refractivity contribution in [3.63, 3.8) is 0 Å². The fraction of sp³-hybridized carbons (Fsp3) is 0.350. The maximum atomic E-state index is 4.72. The van der Waals surface area contributed by atoms with Gasteiger partial charge < -0.3 is 20.1 Å². The van der Waals surface area contributed by atoms with Crippen LogP contribution in [0.2, 0.25) is 0 Å². The molecule has 5 nitrogen and oxygen atoms in total. The van der Waals surface area contributed by atoms with Crippen LogP contribution < -0.4 is 15.5 Å². The molecule has 25 heavy (non-hydrogen) atoms. The van der Waals surface area contributed by atoms with Crippen molar-refractivity contribution in [3.05, 3.63) is 66.5 Å². The quantitative estimate of drug-likeness (QED) is 0.464. The molecule has 0 fully saturated rings. The average molecular weight is 337 g/mol. The van der Waals surface area contributed by atoms with E-state index in [9.17, 15) is 0 Å². The number of nitrogens with one attached hydrogen (secondary N) is 2. The molecule has 1 aliphatic heterocycles. The Balaban J connectivity index is 1.55. The van der Waals surface area contributed by atoms with Crippen LogP contribution in [0, 0.1) is 0 Å². The number of aromatic nitrogens is 1. The Bertz CT molecular complexity index is 695. The highest BCUT2D eigenvalue weighted by Crippen LogP contribution is 2.18. The van der Waals surface area contributed by atoms with Gasteiger partial charge in [-0.25, -0.2) is 4.99 Å². The minimum absolute atomic E-state index is 0.675. The van der Waals surface area contributed by atoms with Crippen molar-refractivity contribution in [2.75, 3.05) is 31.1 Å². The topological polar surface area (TPSA) is 44.6 Å². The Morgan fingerprint density at radius 3 is 2.64 bits per heavy atom. The molecule has 1 aromatic carbocycles. The lowest BCUT2D eigenvalue weighted by molar-refractivity contribution is 0.666. The van der Waals surface area contributed by atoms with Crippen LogP contribution in [0.25, 0.3) is 0 Å². The SMILES string of the molecule is CCNC(=NCc1cccc(N2CC=CC2)c1)NCCn1cccc1. The molecule has 0 bridgehead atoms. The zero-order chi connectivity index (χ0) is 17.3. The van der Waals surface area contributed by atoms with Crippen LogP contribution in [0.15, 0.2) is 65.9 Å². The second-order valence-corrected chi connectivity index (χ2v) is 6.09. The molecule has 1 aliphatic rings. The second-order valence-electron chi connectivity index (χ2n) is 6.09. The van der Waals surface area contributed by atoms with Gasteiger partial charge in [0.05, 0.1) is 6.54 Å². The molecule has 0 amide bonds. The van der Waals surface area contributed by atoms with Gasteiger partial charge in [0, 0.05) is 50.8 Å². The van der Waals surface area contributed by atoms with Gasteiger partial charge in [-0.15, -0.1) is 0 Å². The minimum atomic E-state index is 0.675. The first-order valence-corrected chi connectivity index (χ1v) is 8.97. The molecule has 2 heterocycles. The molecule has 0 atom stereocenters. The second kappa shape index (κ2) is 8.97. The lowest BCUT2D eigenvalue weighted by Gasteiger charge is -2.18. The number of rotatable bonds is 7. The van der Waals surface area contributed by atoms with Crippen LogP contribution >= 0.6 is 0 Å². The third kappa shape index (κ3) is 5.14. The average Bonchev–Trinajstić information content (AvgIpc) is 3.34. The molecule has 132 valence electrons. The minimum Gasteiger partial charge on any atom is -0.364 e. The molecule has 0 spiro atoms. The zero-order valence-electron chi connectivity index (χ0n) is 14.9. The standard InChI is InChI=1S/C20H27N5/c1-2-21-20(22-10-15-24-11-3-4-12-24)23-17-18-8-7-9-19(16-18)25-13-5-6-14-25/h3-9,11-12,16H,2,10,13-15,17H2,1H3,(H2,21,22,23). The fourth-order valence-electron chi connectivity index (χ4n) is 2.88. The number of benzene rings is 1. The van der Waals surface area contributed by atoms with Crippen LogP contribution in [0.3, 0.4) is 0 Å². The maximum Gasteiger partial charge on any atom is 0.191 e. The van der Waals surface area contributed by atoms with Crippen LogP contribution in [-0.2, 0) is 13.1 Å². The normalized spacial score (nSPS) is 14.1. The number of aliphatic imine (C=N–C) groups is 1. The van der Waals surface area contributed by atoms with E-state index in [2.05, 4.69) is 75.8 Å². The summed E-state index contributed by atoms with van der Waals surface area (Å²) in [5.41, 5.74) is 2.50. The van der Waals surface area contributed by atoms with E-state index in [1.165, 1.54) is 11.3 Å². The Morgan fingerprint density at radius 2 is 1.88 bits per heavy atom. The summed E-state index contributed by atoms with van der Waals surface area (Å²) in [4.78, 5) is 7.08. The van der Waals surface area contributed by atoms with Crippen molar-refractivity contribution in [1.29, 1.82) is 0 Å². The van der Waals surface area contributed by atoms with Gasteiger partial charge in [0.1, 0.15) is 0 Å². The zero-order valence-corrected chi connectivity index (χ0v) is 14.9. The first-order chi connectivity index (χ1) is 12.3. The Labute approximate surface area is 150 Å². The predicted octanol–water partition coefficient (Wildman–Crippen LogP) is 2.62. The highest BCUT2D eigenvalue weighted by atomic mass is 15.2. The molecule has 1 aromatic heterocycles. The van der Waals surface area contributed by atoms with Crippen molar-refractivity contribution in [2.45, 2.75) is 20.0 Å². The predicted molar refractivity (Wildman–Crippen MR) is 105 cm³/mol.